The molecule has 0 spiro atoms. The van der Waals surface area contributed by atoms with Gasteiger partial charge in [-0.1, -0.05) is 6.07 Å². The average Bonchev–Trinajstić information content (AvgIpc) is 3.26. The van der Waals surface area contributed by atoms with Crippen LogP contribution in [0, 0.1) is 11.8 Å². The number of rotatable bonds is 3. The average molecular weight is 551 g/mol. The molecule has 38 heavy (non-hydrogen) atoms. The number of carboxylic acid groups (broad SMARTS) is 2. The molecule has 4 rings (SSSR count). The zero-order chi connectivity index (χ0) is 28.5. The molecule has 16 heteroatoms. The number of pyridine rings is 1. The molecular formula is C22H23F6N5O5. The number of alkyl halides is 6. The zero-order valence-electron chi connectivity index (χ0n) is 19.6. The van der Waals surface area contributed by atoms with Crippen molar-refractivity contribution in [3.8, 4) is 0 Å². The van der Waals surface area contributed by atoms with E-state index in [2.05, 4.69) is 25.9 Å². The van der Waals surface area contributed by atoms with E-state index >= 15 is 0 Å². The first-order valence-electron chi connectivity index (χ1n) is 11.0. The summed E-state index contributed by atoms with van der Waals surface area (Å²) in [6.45, 7) is 4.67. The largest absolute Gasteiger partial charge is 0.490 e. The number of piperidine rings is 1. The molecule has 2 aliphatic heterocycles. The molecule has 0 aromatic carbocycles. The van der Waals surface area contributed by atoms with Gasteiger partial charge in [-0.05, 0) is 30.4 Å². The van der Waals surface area contributed by atoms with Gasteiger partial charge in [0.2, 0.25) is 0 Å². The first-order chi connectivity index (χ1) is 17.7. The monoisotopic (exact) mass is 551 g/mol. The van der Waals surface area contributed by atoms with E-state index in [0.717, 1.165) is 44.8 Å². The molecule has 2 N–H and O–H groups in total. The van der Waals surface area contributed by atoms with E-state index in [4.69, 9.17) is 19.8 Å². The van der Waals surface area contributed by atoms with Crippen molar-refractivity contribution in [2.24, 2.45) is 11.8 Å². The smallest absolute Gasteiger partial charge is 0.475 e. The number of aliphatic carboxylic acids is 2. The molecular weight excluding hydrogens is 528 g/mol. The SMILES string of the molecule is O=C(O)C(F)(F)F.O=C(O)C(F)(F)F.O=C(c1cnccn1)N1CC[C@@H]2CN(Cc3ccccn3)C[C@@H]2C1. The van der Waals surface area contributed by atoms with Gasteiger partial charge < -0.3 is 15.1 Å². The van der Waals surface area contributed by atoms with Crippen molar-refractivity contribution in [2.75, 3.05) is 26.2 Å². The summed E-state index contributed by atoms with van der Waals surface area (Å²) in [5.74, 6) is -4.28. The van der Waals surface area contributed by atoms with Gasteiger partial charge in [0.1, 0.15) is 5.69 Å². The predicted molar refractivity (Wildman–Crippen MR) is 116 cm³/mol. The van der Waals surface area contributed by atoms with Crippen LogP contribution in [0.1, 0.15) is 22.6 Å². The van der Waals surface area contributed by atoms with Gasteiger partial charge in [-0.25, -0.2) is 14.6 Å². The second kappa shape index (κ2) is 13.1. The van der Waals surface area contributed by atoms with Crippen LogP contribution < -0.4 is 0 Å². The fourth-order valence-corrected chi connectivity index (χ4v) is 3.87. The van der Waals surface area contributed by atoms with Crippen LogP contribution in [-0.4, -0.2) is 91.3 Å². The van der Waals surface area contributed by atoms with Gasteiger partial charge in [0.15, 0.2) is 0 Å². The van der Waals surface area contributed by atoms with Gasteiger partial charge in [-0.3, -0.25) is 19.7 Å². The Bertz CT molecular complexity index is 1050. The van der Waals surface area contributed by atoms with Crippen molar-refractivity contribution >= 4 is 17.8 Å². The van der Waals surface area contributed by atoms with E-state index in [1.807, 2.05) is 23.2 Å². The molecule has 10 nitrogen and oxygen atoms in total. The quantitative estimate of drug-likeness (QED) is 0.552. The van der Waals surface area contributed by atoms with E-state index in [9.17, 15) is 31.1 Å². The molecule has 0 radical (unpaired) electrons. The number of aromatic nitrogens is 3. The molecule has 2 aromatic heterocycles. The minimum absolute atomic E-state index is 0.00438. The summed E-state index contributed by atoms with van der Waals surface area (Å²) in [4.78, 5) is 47.3. The van der Waals surface area contributed by atoms with Gasteiger partial charge >= 0.3 is 24.3 Å². The second-order valence-corrected chi connectivity index (χ2v) is 8.27. The van der Waals surface area contributed by atoms with E-state index < -0.39 is 24.3 Å². The lowest BCUT2D eigenvalue weighted by Gasteiger charge is -2.34. The summed E-state index contributed by atoms with van der Waals surface area (Å²) >= 11 is 0. The molecule has 1 amide bonds. The number of fused-ring (bicyclic) bond motifs is 1. The van der Waals surface area contributed by atoms with Crippen LogP contribution in [0.25, 0.3) is 0 Å². The summed E-state index contributed by atoms with van der Waals surface area (Å²) in [7, 11) is 0. The van der Waals surface area contributed by atoms with Gasteiger partial charge in [-0.15, -0.1) is 0 Å². The van der Waals surface area contributed by atoms with Crippen LogP contribution in [0.2, 0.25) is 0 Å². The van der Waals surface area contributed by atoms with E-state index in [0.29, 0.717) is 17.5 Å². The van der Waals surface area contributed by atoms with Gasteiger partial charge in [0, 0.05) is 51.3 Å². The first kappa shape index (κ1) is 30.4. The molecule has 2 fully saturated rings. The number of carboxylic acids is 2. The number of hydrogen-bond donors (Lipinski definition) is 2. The lowest BCUT2D eigenvalue weighted by atomic mass is 9.88. The number of carbonyl (C=O) groups is 3. The number of carbonyl (C=O) groups excluding carboxylic acids is 1. The summed E-state index contributed by atoms with van der Waals surface area (Å²) in [6, 6.07) is 6.06. The highest BCUT2D eigenvalue weighted by molar-refractivity contribution is 5.92. The van der Waals surface area contributed by atoms with Crippen LogP contribution in [0.4, 0.5) is 26.3 Å². The third kappa shape index (κ3) is 9.57. The summed E-state index contributed by atoms with van der Waals surface area (Å²) < 4.78 is 63.5. The van der Waals surface area contributed by atoms with Crippen molar-refractivity contribution in [2.45, 2.75) is 25.3 Å². The van der Waals surface area contributed by atoms with Gasteiger partial charge in [0.05, 0.1) is 11.9 Å². The van der Waals surface area contributed by atoms with Crippen molar-refractivity contribution in [3.63, 3.8) is 0 Å². The topological polar surface area (TPSA) is 137 Å². The highest BCUT2D eigenvalue weighted by Crippen LogP contribution is 2.32. The van der Waals surface area contributed by atoms with Crippen molar-refractivity contribution in [1.29, 1.82) is 0 Å². The van der Waals surface area contributed by atoms with Crippen LogP contribution in [0.5, 0.6) is 0 Å². The highest BCUT2D eigenvalue weighted by atomic mass is 19.4. The van der Waals surface area contributed by atoms with Crippen LogP contribution in [-0.2, 0) is 16.1 Å². The Hall–Kier alpha value is -3.82. The van der Waals surface area contributed by atoms with Crippen molar-refractivity contribution in [3.05, 3.63) is 54.4 Å². The molecule has 2 aliphatic rings. The molecule has 0 saturated carbocycles. The maximum absolute atomic E-state index is 12.6. The van der Waals surface area contributed by atoms with Crippen molar-refractivity contribution in [1.82, 2.24) is 24.8 Å². The molecule has 208 valence electrons. The Morgan fingerprint density at radius 2 is 1.47 bits per heavy atom. The molecule has 4 heterocycles. The Labute approximate surface area is 211 Å². The first-order valence-corrected chi connectivity index (χ1v) is 11.0. The number of hydrogen-bond acceptors (Lipinski definition) is 7. The lowest BCUT2D eigenvalue weighted by molar-refractivity contribution is -0.193. The Morgan fingerprint density at radius 3 is 1.97 bits per heavy atom. The third-order valence-electron chi connectivity index (χ3n) is 5.54. The van der Waals surface area contributed by atoms with E-state index in [1.165, 1.54) is 0 Å². The molecule has 0 unspecified atom stereocenters. The third-order valence-corrected chi connectivity index (χ3v) is 5.54. The lowest BCUT2D eigenvalue weighted by Crippen LogP contribution is -2.43. The second-order valence-electron chi connectivity index (χ2n) is 8.27. The minimum Gasteiger partial charge on any atom is -0.475 e. The predicted octanol–water partition coefficient (Wildman–Crippen LogP) is 2.73. The fourth-order valence-electron chi connectivity index (χ4n) is 3.87. The van der Waals surface area contributed by atoms with Crippen LogP contribution in [0.3, 0.4) is 0 Å². The Morgan fingerprint density at radius 1 is 0.868 bits per heavy atom. The minimum atomic E-state index is -5.08. The standard InChI is InChI=1S/C18H21N5O.2C2HF3O2/c24-18(17-9-19-6-7-21-17)23-8-4-14-10-22(11-15(14)12-23)13-16-3-1-2-5-20-16;2*3-2(4,5)1(6)7/h1-3,5-7,9,14-15H,4,8,10-13H2;2*(H,6,7)/t14-,15-;;/m1../s1. The number of nitrogens with zero attached hydrogens (tertiary/aromatic N) is 5. The molecule has 2 saturated heterocycles. The summed E-state index contributed by atoms with van der Waals surface area (Å²) in [6.07, 6.45) is -2.54. The fraction of sp³-hybridized carbons (Fsp3) is 0.455. The Kier molecular flexibility index (Phi) is 10.5. The summed E-state index contributed by atoms with van der Waals surface area (Å²) in [5.41, 5.74) is 1.56. The molecule has 0 aliphatic carbocycles. The highest BCUT2D eigenvalue weighted by Gasteiger charge is 2.39. The molecule has 2 atom stereocenters. The maximum Gasteiger partial charge on any atom is 0.490 e. The number of halogens is 6. The van der Waals surface area contributed by atoms with E-state index in [-0.39, 0.29) is 5.91 Å². The van der Waals surface area contributed by atoms with Crippen LogP contribution in [0.15, 0.2) is 43.0 Å². The van der Waals surface area contributed by atoms with Gasteiger partial charge in [-0.2, -0.15) is 26.3 Å². The van der Waals surface area contributed by atoms with E-state index in [1.54, 1.807) is 18.6 Å². The molecule has 0 bridgehead atoms. The van der Waals surface area contributed by atoms with Crippen LogP contribution >= 0.6 is 0 Å². The summed E-state index contributed by atoms with van der Waals surface area (Å²) in [5, 5.41) is 14.2. The maximum atomic E-state index is 12.6. The normalized spacial score (nSPS) is 19.3. The number of amides is 1. The van der Waals surface area contributed by atoms with Crippen molar-refractivity contribution < 1.29 is 50.9 Å². The number of likely N-dealkylation sites (tertiary alicyclic amines) is 2. The molecule has 2 aromatic rings. The Balaban J connectivity index is 0.000000301. The van der Waals surface area contributed by atoms with Gasteiger partial charge in [0.25, 0.3) is 5.91 Å². The zero-order valence-corrected chi connectivity index (χ0v) is 19.6.